The van der Waals surface area contributed by atoms with Crippen LogP contribution in [0.4, 0.5) is 0 Å². The van der Waals surface area contributed by atoms with Gasteiger partial charge in [0.1, 0.15) is 12.2 Å². The van der Waals surface area contributed by atoms with Crippen molar-refractivity contribution in [2.75, 3.05) is 6.61 Å². The first kappa shape index (κ1) is 28.4. The lowest BCUT2D eigenvalue weighted by Crippen LogP contribution is -2.66. The highest BCUT2D eigenvalue weighted by Gasteiger charge is 2.70. The summed E-state index contributed by atoms with van der Waals surface area (Å²) in [6.07, 6.45) is 11.3. The molecule has 5 fully saturated rings. The number of carbonyl (C=O) groups is 2. The summed E-state index contributed by atoms with van der Waals surface area (Å²) in [5.74, 6) is 2.37. The van der Waals surface area contributed by atoms with Crippen molar-refractivity contribution in [3.8, 4) is 0 Å². The Kier molecular flexibility index (Phi) is 6.85. The summed E-state index contributed by atoms with van der Waals surface area (Å²) in [4.78, 5) is 24.0. The molecule has 5 aliphatic carbocycles. The molecule has 1 unspecified atom stereocenters. The number of aliphatic hydroxyl groups is 1. The highest BCUT2D eigenvalue weighted by molar-refractivity contribution is 5.94. The van der Waals surface area contributed by atoms with Gasteiger partial charge in [-0.2, -0.15) is 0 Å². The zero-order valence-corrected chi connectivity index (χ0v) is 25.3. The maximum atomic E-state index is 12.4. The molecule has 0 aromatic heterocycles. The second-order valence-corrected chi connectivity index (χ2v) is 16.0. The minimum Gasteiger partial charge on any atom is -0.465 e. The molecule has 10 atom stereocenters. The van der Waals surface area contributed by atoms with Crippen LogP contribution in [0, 0.1) is 56.7 Å². The van der Waals surface area contributed by atoms with Crippen LogP contribution in [0.1, 0.15) is 119 Å². The molecule has 0 saturated heterocycles. The average Bonchev–Trinajstić information content (AvgIpc) is 3.21. The molecule has 0 bridgehead atoms. The van der Waals surface area contributed by atoms with Crippen molar-refractivity contribution in [1.82, 2.24) is 0 Å². The molecule has 0 amide bonds. The largest absolute Gasteiger partial charge is 0.465 e. The number of fused-ring (bicyclic) bond motifs is 7. The first-order valence-corrected chi connectivity index (χ1v) is 15.6. The van der Waals surface area contributed by atoms with E-state index < -0.39 is 0 Å². The van der Waals surface area contributed by atoms with E-state index in [-0.39, 0.29) is 51.4 Å². The number of ketones is 1. The van der Waals surface area contributed by atoms with Crippen molar-refractivity contribution in [1.29, 1.82) is 0 Å². The van der Waals surface area contributed by atoms with Crippen LogP contribution in [0.25, 0.3) is 0 Å². The quantitative estimate of drug-likeness (QED) is 0.228. The number of rotatable bonds is 5. The average molecular weight is 527 g/mol. The lowest BCUT2D eigenvalue weighted by atomic mass is 9.32. The van der Waals surface area contributed by atoms with Crippen molar-refractivity contribution in [2.24, 2.45) is 56.7 Å². The Bertz CT molecular complexity index is 998. The van der Waals surface area contributed by atoms with E-state index in [9.17, 15) is 14.7 Å². The fourth-order valence-corrected chi connectivity index (χ4v) is 12.0. The minimum absolute atomic E-state index is 0.0154. The minimum atomic E-state index is -0.359. The maximum Gasteiger partial charge on any atom is 0.313 e. The molecule has 0 aromatic rings. The van der Waals surface area contributed by atoms with E-state index >= 15 is 0 Å². The van der Waals surface area contributed by atoms with Gasteiger partial charge in [-0.25, -0.2) is 0 Å². The third-order valence-corrected chi connectivity index (χ3v) is 14.1. The van der Waals surface area contributed by atoms with E-state index in [1.807, 2.05) is 0 Å². The van der Waals surface area contributed by atoms with Crippen LogP contribution in [0.5, 0.6) is 0 Å². The van der Waals surface area contributed by atoms with Crippen LogP contribution in [-0.2, 0) is 14.3 Å². The van der Waals surface area contributed by atoms with E-state index in [0.717, 1.165) is 32.1 Å². The van der Waals surface area contributed by atoms with Gasteiger partial charge in [-0.05, 0) is 129 Å². The molecule has 0 aliphatic heterocycles. The number of hydrogen-bond donors (Lipinski definition) is 1. The number of ether oxygens (including phenoxy) is 1. The van der Waals surface area contributed by atoms with Gasteiger partial charge in [-0.15, -0.1) is 0 Å². The number of Topliss-reactive ketones (excluding diaryl/α,β-unsaturated/α-hetero) is 1. The molecule has 0 heterocycles. The summed E-state index contributed by atoms with van der Waals surface area (Å²) in [7, 11) is 0. The van der Waals surface area contributed by atoms with Gasteiger partial charge in [-0.3, -0.25) is 9.59 Å². The van der Waals surface area contributed by atoms with E-state index in [2.05, 4.69) is 48.1 Å². The van der Waals surface area contributed by atoms with Crippen LogP contribution in [0.3, 0.4) is 0 Å². The van der Waals surface area contributed by atoms with E-state index in [1.54, 1.807) is 0 Å². The maximum absolute atomic E-state index is 12.4. The lowest BCUT2D eigenvalue weighted by molar-refractivity contribution is -0.250. The van der Waals surface area contributed by atoms with Crippen molar-refractivity contribution >= 4 is 11.8 Å². The Morgan fingerprint density at radius 2 is 1.55 bits per heavy atom. The SMILES string of the molecule is C=C(C)[C@@H]1CC[C@]2(COC(=O)CC(C)=O)CC[C@]3(C)C(CC[C@@H]4[C@@]5(C)CC[C@H](O)C(C)(C)[C@@H]5CC[C@]43C)[C@@H]12. The second-order valence-electron chi connectivity index (χ2n) is 16.0. The van der Waals surface area contributed by atoms with Crippen molar-refractivity contribution in [2.45, 2.75) is 125 Å². The lowest BCUT2D eigenvalue weighted by Gasteiger charge is -2.73. The molecule has 4 nitrogen and oxygen atoms in total. The predicted octanol–water partition coefficient (Wildman–Crippen LogP) is 7.53. The van der Waals surface area contributed by atoms with Crippen LogP contribution >= 0.6 is 0 Å². The van der Waals surface area contributed by atoms with Crippen LogP contribution in [0.15, 0.2) is 12.2 Å². The highest BCUT2D eigenvalue weighted by atomic mass is 16.5. The first-order valence-electron chi connectivity index (χ1n) is 15.6. The first-order chi connectivity index (χ1) is 17.6. The van der Waals surface area contributed by atoms with E-state index in [0.29, 0.717) is 36.2 Å². The van der Waals surface area contributed by atoms with Gasteiger partial charge in [0.15, 0.2) is 0 Å². The molecule has 0 radical (unpaired) electrons. The molecular formula is C34H54O4. The van der Waals surface area contributed by atoms with Gasteiger partial charge in [0.05, 0.1) is 12.7 Å². The van der Waals surface area contributed by atoms with Crippen molar-refractivity contribution in [3.05, 3.63) is 12.2 Å². The Morgan fingerprint density at radius 3 is 2.21 bits per heavy atom. The zero-order valence-electron chi connectivity index (χ0n) is 25.3. The van der Waals surface area contributed by atoms with Gasteiger partial charge >= 0.3 is 5.97 Å². The van der Waals surface area contributed by atoms with E-state index in [1.165, 1.54) is 44.6 Å². The van der Waals surface area contributed by atoms with Gasteiger partial charge in [-0.1, -0.05) is 46.8 Å². The molecule has 5 aliphatic rings. The molecule has 38 heavy (non-hydrogen) atoms. The Hall–Kier alpha value is -1.16. The molecule has 0 aromatic carbocycles. The highest BCUT2D eigenvalue weighted by Crippen LogP contribution is 2.77. The van der Waals surface area contributed by atoms with Crippen molar-refractivity contribution < 1.29 is 19.4 Å². The predicted molar refractivity (Wildman–Crippen MR) is 151 cm³/mol. The van der Waals surface area contributed by atoms with Gasteiger partial charge in [0.25, 0.3) is 0 Å². The molecule has 5 saturated carbocycles. The Balaban J connectivity index is 1.48. The zero-order chi connectivity index (χ0) is 27.9. The number of hydrogen-bond acceptors (Lipinski definition) is 4. The summed E-state index contributed by atoms with van der Waals surface area (Å²) < 4.78 is 5.88. The number of allylic oxidation sites excluding steroid dienone is 1. The smallest absolute Gasteiger partial charge is 0.313 e. The molecule has 214 valence electrons. The number of aliphatic hydroxyl groups excluding tert-OH is 1. The molecule has 0 spiro atoms. The summed E-state index contributed by atoms with van der Waals surface area (Å²) in [6, 6.07) is 0. The third kappa shape index (κ3) is 3.85. The van der Waals surface area contributed by atoms with Crippen LogP contribution in [0.2, 0.25) is 0 Å². The Labute approximate surface area is 231 Å². The number of esters is 1. The molecule has 1 N–H and O–H groups in total. The van der Waals surface area contributed by atoms with E-state index in [4.69, 9.17) is 4.74 Å². The van der Waals surface area contributed by atoms with Gasteiger partial charge in [0.2, 0.25) is 0 Å². The standard InChI is InChI=1S/C34H54O4/c1-21(2)23-11-16-34(20-38-28(37)19-22(3)35)18-17-32(7)24(29(23)34)9-10-26-31(6)14-13-27(36)30(4,5)25(31)12-15-33(26,32)8/h23-27,29,36H,1,9-20H2,2-8H3/t23-,24?,25-,26+,27-,29+,31-,32+,33+,34+/m0/s1. The van der Waals surface area contributed by atoms with Crippen LogP contribution in [-0.4, -0.2) is 29.6 Å². The molecule has 5 rings (SSSR count). The van der Waals surface area contributed by atoms with Gasteiger partial charge < -0.3 is 9.84 Å². The summed E-state index contributed by atoms with van der Waals surface area (Å²) in [5, 5.41) is 11.0. The number of carbonyl (C=O) groups excluding carboxylic acids is 2. The molecular weight excluding hydrogens is 472 g/mol. The summed E-state index contributed by atoms with van der Waals surface area (Å²) >= 11 is 0. The molecule has 4 heteroatoms. The normalized spacial score (nSPS) is 49.2. The van der Waals surface area contributed by atoms with Crippen LogP contribution < -0.4 is 0 Å². The topological polar surface area (TPSA) is 63.6 Å². The monoisotopic (exact) mass is 526 g/mol. The second kappa shape index (κ2) is 9.18. The third-order valence-electron chi connectivity index (χ3n) is 14.1. The Morgan fingerprint density at radius 1 is 0.842 bits per heavy atom. The fourth-order valence-electron chi connectivity index (χ4n) is 12.0. The fraction of sp³-hybridized carbons (Fsp3) is 0.882. The summed E-state index contributed by atoms with van der Waals surface area (Å²) in [5.41, 5.74) is 2.10. The van der Waals surface area contributed by atoms with Crippen molar-refractivity contribution in [3.63, 3.8) is 0 Å². The van der Waals surface area contributed by atoms with Gasteiger partial charge in [0, 0.05) is 5.41 Å². The summed E-state index contributed by atoms with van der Waals surface area (Å²) in [6.45, 7) is 21.1.